The van der Waals surface area contributed by atoms with E-state index in [1.807, 2.05) is 0 Å². The third kappa shape index (κ3) is 2.06. The summed E-state index contributed by atoms with van der Waals surface area (Å²) in [5.74, 6) is 0.648. The molecule has 3 atom stereocenters. The predicted molar refractivity (Wildman–Crippen MR) is 69.8 cm³/mol. The van der Waals surface area contributed by atoms with Crippen molar-refractivity contribution < 1.29 is 9.84 Å². The van der Waals surface area contributed by atoms with E-state index < -0.39 is 11.0 Å². The molecule has 0 amide bonds. The topological polar surface area (TPSA) is 53.2 Å². The highest BCUT2D eigenvalue weighted by Crippen LogP contribution is 2.51. The van der Waals surface area contributed by atoms with Gasteiger partial charge in [-0.25, -0.2) is 0 Å². The minimum Gasteiger partial charge on any atom is -0.388 e. The average Bonchev–Trinajstić information content (AvgIpc) is 2.39. The fourth-order valence-electron chi connectivity index (χ4n) is 3.98. The van der Waals surface area contributed by atoms with E-state index in [0.717, 1.165) is 38.7 Å². The van der Waals surface area contributed by atoms with Crippen LogP contribution < -0.4 is 0 Å². The molecule has 102 valence electrons. The van der Waals surface area contributed by atoms with E-state index in [-0.39, 0.29) is 5.92 Å². The molecule has 1 saturated carbocycles. The van der Waals surface area contributed by atoms with Gasteiger partial charge >= 0.3 is 0 Å². The minimum absolute atomic E-state index is 0.229. The Morgan fingerprint density at radius 2 is 2.06 bits per heavy atom. The highest BCUT2D eigenvalue weighted by atomic mass is 16.5. The van der Waals surface area contributed by atoms with Crippen LogP contribution in [0.4, 0.5) is 0 Å². The second-order valence-corrected chi connectivity index (χ2v) is 6.37. The summed E-state index contributed by atoms with van der Waals surface area (Å²) < 4.78 is 5.54. The zero-order chi connectivity index (χ0) is 13.2. The third-order valence-corrected chi connectivity index (χ3v) is 5.02. The average molecular weight is 251 g/mol. The van der Waals surface area contributed by atoms with Crippen molar-refractivity contribution in [3.05, 3.63) is 0 Å². The van der Waals surface area contributed by atoms with Crippen molar-refractivity contribution in [2.45, 2.75) is 58.0 Å². The normalized spacial score (nSPS) is 41.6. The predicted octanol–water partition coefficient (Wildman–Crippen LogP) is 2.88. The molecule has 3 heteroatoms. The smallest absolute Gasteiger partial charge is 0.110 e. The van der Waals surface area contributed by atoms with Crippen molar-refractivity contribution in [1.29, 1.82) is 5.26 Å². The van der Waals surface area contributed by atoms with Crippen molar-refractivity contribution in [2.75, 3.05) is 13.2 Å². The summed E-state index contributed by atoms with van der Waals surface area (Å²) in [5.41, 5.74) is -1.53. The van der Waals surface area contributed by atoms with Gasteiger partial charge < -0.3 is 9.84 Å². The van der Waals surface area contributed by atoms with E-state index in [1.165, 1.54) is 6.42 Å². The second-order valence-electron chi connectivity index (χ2n) is 6.37. The standard InChI is InChI=1S/C15H25NO2/c1-12(2)13-6-3-4-8-15(13,17)14(10-16)7-5-9-18-11-14/h12-13,17H,3-9,11H2,1-2H3. The molecule has 2 aliphatic rings. The molecular formula is C15H25NO2. The van der Waals surface area contributed by atoms with Gasteiger partial charge in [-0.05, 0) is 37.5 Å². The molecule has 0 aromatic heterocycles. The summed E-state index contributed by atoms with van der Waals surface area (Å²) in [6, 6.07) is 2.44. The maximum atomic E-state index is 11.3. The third-order valence-electron chi connectivity index (χ3n) is 5.02. The van der Waals surface area contributed by atoms with Crippen LogP contribution in [-0.4, -0.2) is 23.9 Å². The lowest BCUT2D eigenvalue weighted by molar-refractivity contribution is -0.174. The summed E-state index contributed by atoms with van der Waals surface area (Å²) in [6.45, 7) is 5.46. The molecule has 1 aliphatic heterocycles. The fraction of sp³-hybridized carbons (Fsp3) is 0.933. The van der Waals surface area contributed by atoms with Gasteiger partial charge in [0, 0.05) is 6.61 Å². The first-order valence-electron chi connectivity index (χ1n) is 7.27. The molecule has 2 rings (SSSR count). The van der Waals surface area contributed by atoms with Gasteiger partial charge in [-0.3, -0.25) is 0 Å². The van der Waals surface area contributed by atoms with Crippen LogP contribution in [0.15, 0.2) is 0 Å². The first-order chi connectivity index (χ1) is 8.56. The number of hydrogen-bond donors (Lipinski definition) is 1. The number of aliphatic hydroxyl groups is 1. The fourth-order valence-corrected chi connectivity index (χ4v) is 3.98. The summed E-state index contributed by atoms with van der Waals surface area (Å²) in [4.78, 5) is 0. The molecule has 3 nitrogen and oxygen atoms in total. The number of hydrogen-bond acceptors (Lipinski definition) is 3. The first kappa shape index (κ1) is 13.8. The van der Waals surface area contributed by atoms with Crippen LogP contribution in [0.2, 0.25) is 0 Å². The molecule has 0 radical (unpaired) electrons. The molecule has 0 spiro atoms. The van der Waals surface area contributed by atoms with E-state index in [1.54, 1.807) is 0 Å². The Balaban J connectivity index is 2.33. The maximum absolute atomic E-state index is 11.3. The molecule has 1 saturated heterocycles. The van der Waals surface area contributed by atoms with Gasteiger partial charge in [-0.15, -0.1) is 0 Å². The van der Waals surface area contributed by atoms with Crippen molar-refractivity contribution >= 4 is 0 Å². The molecule has 1 aliphatic carbocycles. The van der Waals surface area contributed by atoms with Crippen molar-refractivity contribution in [2.24, 2.45) is 17.3 Å². The number of nitrogens with zero attached hydrogens (tertiary/aromatic N) is 1. The first-order valence-corrected chi connectivity index (χ1v) is 7.27. The molecule has 3 unspecified atom stereocenters. The highest BCUT2D eigenvalue weighted by molar-refractivity contribution is 5.15. The van der Waals surface area contributed by atoms with E-state index >= 15 is 0 Å². The minimum atomic E-state index is -0.853. The Hall–Kier alpha value is -0.590. The summed E-state index contributed by atoms with van der Waals surface area (Å²) in [7, 11) is 0. The number of rotatable bonds is 2. The number of ether oxygens (including phenoxy) is 1. The molecule has 1 N–H and O–H groups in total. The molecular weight excluding hydrogens is 226 g/mol. The zero-order valence-electron chi connectivity index (χ0n) is 11.6. The Kier molecular flexibility index (Phi) is 3.99. The Morgan fingerprint density at radius 1 is 1.28 bits per heavy atom. The molecule has 2 fully saturated rings. The monoisotopic (exact) mass is 251 g/mol. The van der Waals surface area contributed by atoms with Crippen LogP contribution in [0.1, 0.15) is 52.4 Å². The van der Waals surface area contributed by atoms with Gasteiger partial charge in [0.25, 0.3) is 0 Å². The van der Waals surface area contributed by atoms with Crippen LogP contribution in [-0.2, 0) is 4.74 Å². The van der Waals surface area contributed by atoms with Gasteiger partial charge in [0.1, 0.15) is 5.41 Å². The van der Waals surface area contributed by atoms with E-state index in [2.05, 4.69) is 19.9 Å². The Labute approximate surface area is 110 Å². The van der Waals surface area contributed by atoms with Crippen LogP contribution in [0.3, 0.4) is 0 Å². The van der Waals surface area contributed by atoms with Gasteiger partial charge in [-0.2, -0.15) is 5.26 Å². The molecule has 0 aromatic carbocycles. The van der Waals surface area contributed by atoms with E-state index in [9.17, 15) is 10.4 Å². The van der Waals surface area contributed by atoms with Gasteiger partial charge in [0.2, 0.25) is 0 Å². The van der Waals surface area contributed by atoms with Crippen LogP contribution >= 0.6 is 0 Å². The number of nitriles is 1. The quantitative estimate of drug-likeness (QED) is 0.821. The Bertz CT molecular complexity index is 328. The summed E-state index contributed by atoms with van der Waals surface area (Å²) >= 11 is 0. The van der Waals surface area contributed by atoms with Crippen molar-refractivity contribution in [1.82, 2.24) is 0 Å². The largest absolute Gasteiger partial charge is 0.388 e. The van der Waals surface area contributed by atoms with Crippen molar-refractivity contribution in [3.8, 4) is 6.07 Å². The zero-order valence-corrected chi connectivity index (χ0v) is 11.6. The summed E-state index contributed by atoms with van der Waals surface area (Å²) in [6.07, 6.45) is 5.67. The summed E-state index contributed by atoms with van der Waals surface area (Å²) in [5, 5.41) is 20.9. The van der Waals surface area contributed by atoms with Crippen LogP contribution in [0.25, 0.3) is 0 Å². The molecule has 0 aromatic rings. The lowest BCUT2D eigenvalue weighted by Crippen LogP contribution is -2.59. The molecule has 0 bridgehead atoms. The van der Waals surface area contributed by atoms with E-state index in [4.69, 9.17) is 4.74 Å². The van der Waals surface area contributed by atoms with Gasteiger partial charge in [-0.1, -0.05) is 26.7 Å². The lowest BCUT2D eigenvalue weighted by atomic mass is 9.56. The van der Waals surface area contributed by atoms with Gasteiger partial charge in [0.05, 0.1) is 18.3 Å². The Morgan fingerprint density at radius 3 is 2.61 bits per heavy atom. The SMILES string of the molecule is CC(C)C1CCCCC1(O)C1(C#N)CCCOC1. The van der Waals surface area contributed by atoms with E-state index in [0.29, 0.717) is 12.5 Å². The second kappa shape index (κ2) is 5.19. The maximum Gasteiger partial charge on any atom is 0.110 e. The molecule has 18 heavy (non-hydrogen) atoms. The lowest BCUT2D eigenvalue weighted by Gasteiger charge is -2.52. The highest BCUT2D eigenvalue weighted by Gasteiger charge is 2.57. The van der Waals surface area contributed by atoms with Gasteiger partial charge in [0.15, 0.2) is 0 Å². The molecule has 1 heterocycles. The van der Waals surface area contributed by atoms with Crippen LogP contribution in [0.5, 0.6) is 0 Å². The van der Waals surface area contributed by atoms with Crippen molar-refractivity contribution in [3.63, 3.8) is 0 Å². The van der Waals surface area contributed by atoms with Crippen LogP contribution in [0, 0.1) is 28.6 Å².